The Bertz CT molecular complexity index is 906. The summed E-state index contributed by atoms with van der Waals surface area (Å²) >= 11 is 0. The van der Waals surface area contributed by atoms with Crippen LogP contribution in [0.1, 0.15) is 15.9 Å². The van der Waals surface area contributed by atoms with Gasteiger partial charge in [0, 0.05) is 18.7 Å². The Morgan fingerprint density at radius 1 is 1.11 bits per heavy atom. The summed E-state index contributed by atoms with van der Waals surface area (Å²) in [7, 11) is -3.56. The van der Waals surface area contributed by atoms with Crippen molar-refractivity contribution in [2.45, 2.75) is 11.8 Å². The number of aryl methyl sites for hydroxylation is 1. The molecular formula is C20H24N2O5S. The summed E-state index contributed by atoms with van der Waals surface area (Å²) in [5.74, 6) is 0.512. The van der Waals surface area contributed by atoms with Gasteiger partial charge in [0.2, 0.25) is 10.0 Å². The first-order valence-corrected chi connectivity index (χ1v) is 10.6. The van der Waals surface area contributed by atoms with Gasteiger partial charge in [-0.3, -0.25) is 4.79 Å². The van der Waals surface area contributed by atoms with Gasteiger partial charge < -0.3 is 14.8 Å². The average molecular weight is 404 g/mol. The van der Waals surface area contributed by atoms with Crippen LogP contribution in [-0.2, 0) is 14.8 Å². The molecule has 2 aromatic carbocycles. The summed E-state index contributed by atoms with van der Waals surface area (Å²) in [4.78, 5) is 12.4. The Morgan fingerprint density at radius 3 is 2.46 bits per heavy atom. The van der Waals surface area contributed by atoms with Crippen LogP contribution in [0.2, 0.25) is 0 Å². The number of carbonyl (C=O) groups excluding carboxylic acids is 1. The molecule has 0 bridgehead atoms. The van der Waals surface area contributed by atoms with E-state index in [9.17, 15) is 13.2 Å². The molecule has 1 heterocycles. The van der Waals surface area contributed by atoms with Crippen LogP contribution >= 0.6 is 0 Å². The second-order valence-corrected chi connectivity index (χ2v) is 8.35. The van der Waals surface area contributed by atoms with Crippen molar-refractivity contribution in [2.75, 3.05) is 39.5 Å². The lowest BCUT2D eigenvalue weighted by Crippen LogP contribution is -2.40. The highest BCUT2D eigenvalue weighted by atomic mass is 32.2. The number of morpholine rings is 1. The van der Waals surface area contributed by atoms with Gasteiger partial charge in [-0.05, 0) is 42.8 Å². The molecule has 0 spiro atoms. The minimum Gasteiger partial charge on any atom is -0.491 e. The SMILES string of the molecule is Cc1ccccc1OCCNC(=O)c1ccc(S(=O)(=O)N2CCOCC2)cc1. The van der Waals surface area contributed by atoms with E-state index in [0.717, 1.165) is 11.3 Å². The molecule has 7 nitrogen and oxygen atoms in total. The minimum atomic E-state index is -3.56. The van der Waals surface area contributed by atoms with Crippen LogP contribution in [0.4, 0.5) is 0 Å². The first-order valence-electron chi connectivity index (χ1n) is 9.13. The predicted octanol–water partition coefficient (Wildman–Crippen LogP) is 1.82. The van der Waals surface area contributed by atoms with Crippen molar-refractivity contribution in [2.24, 2.45) is 0 Å². The quantitative estimate of drug-likeness (QED) is 0.712. The number of para-hydroxylation sites is 1. The van der Waals surface area contributed by atoms with Gasteiger partial charge in [0.1, 0.15) is 12.4 Å². The number of amides is 1. The molecule has 1 amide bonds. The number of rotatable bonds is 7. The maximum absolute atomic E-state index is 12.6. The maximum atomic E-state index is 12.6. The number of nitrogens with zero attached hydrogens (tertiary/aromatic N) is 1. The molecule has 0 radical (unpaired) electrons. The van der Waals surface area contributed by atoms with Crippen LogP contribution in [0.15, 0.2) is 53.4 Å². The highest BCUT2D eigenvalue weighted by Gasteiger charge is 2.26. The van der Waals surface area contributed by atoms with Crippen LogP contribution in [0, 0.1) is 6.92 Å². The molecule has 1 aliphatic heterocycles. The fraction of sp³-hybridized carbons (Fsp3) is 0.350. The molecule has 3 rings (SSSR count). The second-order valence-electron chi connectivity index (χ2n) is 6.41. The molecule has 28 heavy (non-hydrogen) atoms. The largest absolute Gasteiger partial charge is 0.491 e. The molecule has 1 saturated heterocycles. The number of hydrogen-bond acceptors (Lipinski definition) is 5. The van der Waals surface area contributed by atoms with Gasteiger partial charge in [-0.1, -0.05) is 18.2 Å². The van der Waals surface area contributed by atoms with Gasteiger partial charge in [-0.2, -0.15) is 4.31 Å². The van der Waals surface area contributed by atoms with Crippen molar-refractivity contribution in [3.63, 3.8) is 0 Å². The molecule has 0 aliphatic carbocycles. The van der Waals surface area contributed by atoms with E-state index in [0.29, 0.717) is 45.0 Å². The van der Waals surface area contributed by atoms with Gasteiger partial charge in [0.05, 0.1) is 24.7 Å². The minimum absolute atomic E-state index is 0.175. The van der Waals surface area contributed by atoms with Crippen molar-refractivity contribution in [1.29, 1.82) is 0 Å². The van der Waals surface area contributed by atoms with Crippen molar-refractivity contribution >= 4 is 15.9 Å². The number of benzene rings is 2. The number of nitrogens with one attached hydrogen (secondary N) is 1. The van der Waals surface area contributed by atoms with E-state index in [2.05, 4.69) is 5.32 Å². The fourth-order valence-electron chi connectivity index (χ4n) is 2.86. The van der Waals surface area contributed by atoms with Crippen LogP contribution < -0.4 is 10.1 Å². The zero-order valence-electron chi connectivity index (χ0n) is 15.8. The first kappa shape index (κ1) is 20.3. The van der Waals surface area contributed by atoms with Gasteiger partial charge in [-0.25, -0.2) is 8.42 Å². The number of carbonyl (C=O) groups is 1. The molecule has 1 N–H and O–H groups in total. The Labute approximate surface area is 165 Å². The Balaban J connectivity index is 1.53. The zero-order chi connectivity index (χ0) is 20.0. The molecule has 2 aromatic rings. The molecule has 150 valence electrons. The molecule has 0 unspecified atom stereocenters. The summed E-state index contributed by atoms with van der Waals surface area (Å²) in [6, 6.07) is 13.6. The van der Waals surface area contributed by atoms with E-state index in [4.69, 9.17) is 9.47 Å². The lowest BCUT2D eigenvalue weighted by atomic mass is 10.2. The van der Waals surface area contributed by atoms with Crippen molar-refractivity contribution in [3.05, 3.63) is 59.7 Å². The highest BCUT2D eigenvalue weighted by molar-refractivity contribution is 7.89. The molecular weight excluding hydrogens is 380 g/mol. The van der Waals surface area contributed by atoms with E-state index in [1.165, 1.54) is 28.6 Å². The first-order chi connectivity index (χ1) is 13.5. The van der Waals surface area contributed by atoms with Gasteiger partial charge in [0.15, 0.2) is 0 Å². The van der Waals surface area contributed by atoms with Crippen LogP contribution in [0.5, 0.6) is 5.75 Å². The van der Waals surface area contributed by atoms with E-state index in [-0.39, 0.29) is 10.8 Å². The van der Waals surface area contributed by atoms with Crippen molar-refractivity contribution < 1.29 is 22.7 Å². The van der Waals surface area contributed by atoms with Crippen LogP contribution in [0.3, 0.4) is 0 Å². The Kier molecular flexibility index (Phi) is 6.66. The van der Waals surface area contributed by atoms with Crippen LogP contribution in [-0.4, -0.2) is 58.1 Å². The van der Waals surface area contributed by atoms with Gasteiger partial charge in [-0.15, -0.1) is 0 Å². The third-order valence-electron chi connectivity index (χ3n) is 4.46. The van der Waals surface area contributed by atoms with E-state index in [1.54, 1.807) is 0 Å². The summed E-state index contributed by atoms with van der Waals surface area (Å²) in [5, 5.41) is 2.77. The van der Waals surface area contributed by atoms with E-state index in [1.807, 2.05) is 31.2 Å². The summed E-state index contributed by atoms with van der Waals surface area (Å²) in [6.45, 7) is 4.12. The third kappa shape index (κ3) is 4.89. The molecule has 8 heteroatoms. The molecule has 1 fully saturated rings. The topological polar surface area (TPSA) is 84.9 Å². The Hall–Kier alpha value is -2.42. The highest BCUT2D eigenvalue weighted by Crippen LogP contribution is 2.18. The fourth-order valence-corrected chi connectivity index (χ4v) is 4.27. The molecule has 0 atom stereocenters. The number of ether oxygens (including phenoxy) is 2. The van der Waals surface area contributed by atoms with Crippen molar-refractivity contribution in [1.82, 2.24) is 9.62 Å². The van der Waals surface area contributed by atoms with Crippen LogP contribution in [0.25, 0.3) is 0 Å². The monoisotopic (exact) mass is 404 g/mol. The zero-order valence-corrected chi connectivity index (χ0v) is 16.6. The maximum Gasteiger partial charge on any atom is 0.251 e. The number of sulfonamides is 1. The lowest BCUT2D eigenvalue weighted by molar-refractivity contribution is 0.0730. The second kappa shape index (κ2) is 9.18. The van der Waals surface area contributed by atoms with E-state index >= 15 is 0 Å². The summed E-state index contributed by atoms with van der Waals surface area (Å²) in [5.41, 5.74) is 1.43. The third-order valence-corrected chi connectivity index (χ3v) is 6.38. The standard InChI is InChI=1S/C20H24N2O5S/c1-16-4-2-3-5-19(16)27-13-10-21-20(23)17-6-8-18(9-7-17)28(24,25)22-11-14-26-15-12-22/h2-9H,10-15H2,1H3,(H,21,23). The van der Waals surface area contributed by atoms with Crippen molar-refractivity contribution in [3.8, 4) is 5.75 Å². The molecule has 0 saturated carbocycles. The summed E-state index contributed by atoms with van der Waals surface area (Å²) < 4.78 is 37.4. The lowest BCUT2D eigenvalue weighted by Gasteiger charge is -2.26. The summed E-state index contributed by atoms with van der Waals surface area (Å²) in [6.07, 6.45) is 0. The molecule has 0 aromatic heterocycles. The normalized spacial score (nSPS) is 15.2. The number of hydrogen-bond donors (Lipinski definition) is 1. The predicted molar refractivity (Wildman–Crippen MR) is 105 cm³/mol. The van der Waals surface area contributed by atoms with Gasteiger partial charge >= 0.3 is 0 Å². The molecule has 1 aliphatic rings. The van der Waals surface area contributed by atoms with E-state index < -0.39 is 10.0 Å². The average Bonchev–Trinajstić information content (AvgIpc) is 2.73. The smallest absolute Gasteiger partial charge is 0.251 e. The Morgan fingerprint density at radius 2 is 1.79 bits per heavy atom. The van der Waals surface area contributed by atoms with Gasteiger partial charge in [0.25, 0.3) is 5.91 Å².